The second-order valence-corrected chi connectivity index (χ2v) is 13.4. The van der Waals surface area contributed by atoms with Crippen molar-refractivity contribution in [2.75, 3.05) is 25.1 Å². The number of anilines is 1. The van der Waals surface area contributed by atoms with Gasteiger partial charge in [0, 0.05) is 35.8 Å². The van der Waals surface area contributed by atoms with Crippen LogP contribution in [-0.4, -0.2) is 68.3 Å². The molecule has 1 aromatic heterocycles. The van der Waals surface area contributed by atoms with Crippen molar-refractivity contribution in [1.82, 2.24) is 9.62 Å². The molecule has 3 aromatic carbocycles. The van der Waals surface area contributed by atoms with Gasteiger partial charge in [0.1, 0.15) is 10.7 Å². The van der Waals surface area contributed by atoms with Crippen molar-refractivity contribution >= 4 is 39.0 Å². The molecule has 10 nitrogen and oxygen atoms in total. The predicted octanol–water partition coefficient (Wildman–Crippen LogP) is 4.34. The summed E-state index contributed by atoms with van der Waals surface area (Å²) in [6, 6.07) is 21.1. The lowest BCUT2D eigenvalue weighted by Crippen LogP contribution is -2.53. The number of halogens is 2. The van der Waals surface area contributed by atoms with Crippen LogP contribution in [0.1, 0.15) is 10.4 Å². The normalized spacial score (nSPS) is 16.2. The minimum absolute atomic E-state index is 0.0760. The molecule has 0 unspecified atom stereocenters. The number of aliphatic hydroxyl groups is 1. The summed E-state index contributed by atoms with van der Waals surface area (Å²) in [4.78, 5) is 27.1. The highest BCUT2D eigenvalue weighted by Gasteiger charge is 2.39. The molecule has 3 atom stereocenters. The first-order valence-electron chi connectivity index (χ1n) is 14.2. The number of rotatable bonds is 13. The smallest absolute Gasteiger partial charge is 0.415 e. The quantitative estimate of drug-likeness (QED) is 0.217. The Hall–Kier alpha value is -4.37. The lowest BCUT2D eigenvalue weighted by atomic mass is 10.0. The number of nitrogens with one attached hydrogen (secondary N) is 1. The molecule has 0 spiro atoms. The second-order valence-electron chi connectivity index (χ2n) is 10.5. The molecule has 1 aliphatic heterocycles. The number of hydrogen-bond acceptors (Lipinski definition) is 8. The van der Waals surface area contributed by atoms with E-state index < -0.39 is 69.1 Å². The number of nitrogens with zero attached hydrogens (tertiary/aromatic N) is 2. The number of sulfonamides is 1. The largest absolute Gasteiger partial charge is 0.494 e. The Morgan fingerprint density at radius 3 is 2.43 bits per heavy atom. The third-order valence-electron chi connectivity index (χ3n) is 7.39. The molecule has 2 N–H and O–H groups in total. The number of benzene rings is 3. The number of methoxy groups -OCH3 is 1. The Morgan fingerprint density at radius 2 is 1.78 bits per heavy atom. The highest BCUT2D eigenvalue weighted by atomic mass is 32.2. The fraction of sp³-hybridized carbons (Fsp3) is 0.250. The van der Waals surface area contributed by atoms with Crippen molar-refractivity contribution in [1.29, 1.82) is 0 Å². The summed E-state index contributed by atoms with van der Waals surface area (Å²) in [7, 11) is -3.56. The van der Waals surface area contributed by atoms with Crippen LogP contribution in [0.2, 0.25) is 0 Å². The zero-order chi connectivity index (χ0) is 32.8. The van der Waals surface area contributed by atoms with Crippen LogP contribution in [-0.2, 0) is 32.5 Å². The van der Waals surface area contributed by atoms with Crippen molar-refractivity contribution < 1.29 is 41.4 Å². The van der Waals surface area contributed by atoms with Gasteiger partial charge in [0.15, 0.2) is 17.7 Å². The van der Waals surface area contributed by atoms with Crippen LogP contribution < -0.4 is 15.0 Å². The van der Waals surface area contributed by atoms with Gasteiger partial charge in [-0.15, -0.1) is 11.3 Å². The first kappa shape index (κ1) is 33.0. The molecule has 0 radical (unpaired) electrons. The van der Waals surface area contributed by atoms with E-state index in [-0.39, 0.29) is 19.5 Å². The minimum Gasteiger partial charge on any atom is -0.494 e. The third-order valence-corrected chi connectivity index (χ3v) is 10.1. The molecular weight excluding hydrogens is 640 g/mol. The van der Waals surface area contributed by atoms with Crippen molar-refractivity contribution in [3.8, 4) is 5.75 Å². The Labute approximate surface area is 268 Å². The van der Waals surface area contributed by atoms with Gasteiger partial charge < -0.3 is 19.9 Å². The van der Waals surface area contributed by atoms with Crippen LogP contribution in [0.5, 0.6) is 5.75 Å². The number of para-hydroxylation sites is 1. The topological polar surface area (TPSA) is 125 Å². The Morgan fingerprint density at radius 1 is 1.09 bits per heavy atom. The van der Waals surface area contributed by atoms with Gasteiger partial charge in [-0.3, -0.25) is 9.69 Å². The lowest BCUT2D eigenvalue weighted by Gasteiger charge is -2.30. The van der Waals surface area contributed by atoms with Gasteiger partial charge in [0.05, 0.1) is 25.8 Å². The van der Waals surface area contributed by atoms with Gasteiger partial charge in [-0.25, -0.2) is 22.0 Å². The number of carbonyl (C=O) groups excluding carboxylic acids is 2. The molecule has 4 aromatic rings. The Balaban J connectivity index is 1.42. The molecule has 1 aliphatic rings. The third kappa shape index (κ3) is 7.53. The van der Waals surface area contributed by atoms with E-state index in [0.29, 0.717) is 16.6 Å². The summed E-state index contributed by atoms with van der Waals surface area (Å²) in [5.41, 5.74) is 1.27. The van der Waals surface area contributed by atoms with E-state index in [0.717, 1.165) is 23.0 Å². The van der Waals surface area contributed by atoms with Crippen LogP contribution >= 0.6 is 11.3 Å². The van der Waals surface area contributed by atoms with Crippen LogP contribution in [0.4, 0.5) is 19.3 Å². The summed E-state index contributed by atoms with van der Waals surface area (Å²) in [5.74, 6) is -3.56. The number of hydrogen-bond donors (Lipinski definition) is 2. The first-order chi connectivity index (χ1) is 22.1. The molecule has 14 heteroatoms. The molecule has 0 saturated carbocycles. The SMILES string of the molecule is COc1cc(S(=O)(=O)N(Cc2cccs2)C[C@@H](O)[C@H](Cc2ccccc2)NC(=O)[C@@H]2CN(c3ccccc3)C(=O)O2)c(F)cc1F. The number of carbonyl (C=O) groups is 2. The number of amides is 2. The maximum absolute atomic E-state index is 15.0. The molecule has 5 rings (SSSR count). The molecular formula is C32H31F2N3O7S2. The van der Waals surface area contributed by atoms with E-state index in [2.05, 4.69) is 5.32 Å². The number of ether oxygens (including phenoxy) is 2. The monoisotopic (exact) mass is 671 g/mol. The lowest BCUT2D eigenvalue weighted by molar-refractivity contribution is -0.129. The highest BCUT2D eigenvalue weighted by molar-refractivity contribution is 7.89. The first-order valence-corrected chi connectivity index (χ1v) is 16.5. The van der Waals surface area contributed by atoms with E-state index in [1.807, 2.05) is 0 Å². The van der Waals surface area contributed by atoms with Gasteiger partial charge >= 0.3 is 6.09 Å². The molecule has 2 amide bonds. The van der Waals surface area contributed by atoms with Gasteiger partial charge in [0.2, 0.25) is 10.0 Å². The Bertz CT molecular complexity index is 1760. The zero-order valence-corrected chi connectivity index (χ0v) is 26.2. The fourth-order valence-electron chi connectivity index (χ4n) is 5.01. The summed E-state index contributed by atoms with van der Waals surface area (Å²) in [5, 5.41) is 16.0. The van der Waals surface area contributed by atoms with E-state index >= 15 is 0 Å². The standard InChI is InChI=1S/C32H31F2N3O7S2/c1-43-28-17-30(25(34)16-24(28)33)46(41,42)36(18-23-13-8-14-45-23)19-27(38)26(15-21-9-4-2-5-10-21)35-31(39)29-20-37(32(40)44-29)22-11-6-3-7-12-22/h2-14,16-17,26-27,29,38H,15,18-20H2,1H3,(H,35,39)/t26-,27+,29-/m0/s1. The fourth-order valence-corrected chi connectivity index (χ4v) is 7.31. The van der Waals surface area contributed by atoms with E-state index in [1.54, 1.807) is 78.2 Å². The van der Waals surface area contributed by atoms with Gasteiger partial charge in [-0.05, 0) is 35.6 Å². The molecule has 46 heavy (non-hydrogen) atoms. The summed E-state index contributed by atoms with van der Waals surface area (Å²) in [6.07, 6.45) is -3.35. The van der Waals surface area contributed by atoms with Crippen molar-refractivity contribution in [3.05, 3.63) is 112 Å². The van der Waals surface area contributed by atoms with E-state index in [4.69, 9.17) is 9.47 Å². The maximum Gasteiger partial charge on any atom is 0.415 e. The van der Waals surface area contributed by atoms with E-state index in [9.17, 15) is 31.9 Å². The molecule has 0 bridgehead atoms. The minimum atomic E-state index is -4.68. The number of cyclic esters (lactones) is 1. The molecule has 1 fully saturated rings. The molecule has 1 saturated heterocycles. The highest BCUT2D eigenvalue weighted by Crippen LogP contribution is 2.29. The Kier molecular flexibility index (Phi) is 10.3. The predicted molar refractivity (Wildman–Crippen MR) is 167 cm³/mol. The van der Waals surface area contributed by atoms with Gasteiger partial charge in [0.25, 0.3) is 5.91 Å². The average molecular weight is 672 g/mol. The van der Waals surface area contributed by atoms with Crippen molar-refractivity contribution in [2.45, 2.75) is 36.1 Å². The van der Waals surface area contributed by atoms with Gasteiger partial charge in [-0.2, -0.15) is 4.31 Å². The molecule has 0 aliphatic carbocycles. The molecule has 242 valence electrons. The van der Waals surface area contributed by atoms with Crippen molar-refractivity contribution in [3.63, 3.8) is 0 Å². The van der Waals surface area contributed by atoms with Crippen LogP contribution in [0.15, 0.2) is 95.2 Å². The second kappa shape index (κ2) is 14.4. The number of thiophene rings is 1. The average Bonchev–Trinajstić information content (AvgIpc) is 3.71. The number of aliphatic hydroxyl groups excluding tert-OH is 1. The van der Waals surface area contributed by atoms with Gasteiger partial charge in [-0.1, -0.05) is 54.6 Å². The molecule has 2 heterocycles. The van der Waals surface area contributed by atoms with E-state index in [1.165, 1.54) is 16.2 Å². The zero-order valence-electron chi connectivity index (χ0n) is 24.6. The van der Waals surface area contributed by atoms with Crippen molar-refractivity contribution in [2.24, 2.45) is 0 Å². The van der Waals surface area contributed by atoms with Crippen LogP contribution in [0, 0.1) is 11.6 Å². The summed E-state index contributed by atoms with van der Waals surface area (Å²) >= 11 is 1.25. The maximum atomic E-state index is 15.0. The van der Waals surface area contributed by atoms with Crippen LogP contribution in [0.25, 0.3) is 0 Å². The van der Waals surface area contributed by atoms with Crippen LogP contribution in [0.3, 0.4) is 0 Å². The summed E-state index contributed by atoms with van der Waals surface area (Å²) in [6.45, 7) is -0.889. The summed E-state index contributed by atoms with van der Waals surface area (Å²) < 4.78 is 67.9.